The molecule has 2 N–H and O–H groups in total. The molecule has 1 fully saturated rings. The SMILES string of the molecule is Cc1cccc(CNC(=O)C2CCCNC2)c1C.Cl. The Balaban J connectivity index is 0.00000180. The molecule has 0 aromatic heterocycles. The molecular weight excluding hydrogens is 260 g/mol. The summed E-state index contributed by atoms with van der Waals surface area (Å²) in [4.78, 5) is 12.0. The van der Waals surface area contributed by atoms with Gasteiger partial charge in [-0.3, -0.25) is 4.79 Å². The van der Waals surface area contributed by atoms with Gasteiger partial charge in [0.15, 0.2) is 0 Å². The predicted molar refractivity (Wildman–Crippen MR) is 80.6 cm³/mol. The first-order valence-corrected chi connectivity index (χ1v) is 6.72. The molecule has 2 rings (SSSR count). The number of amides is 1. The van der Waals surface area contributed by atoms with Gasteiger partial charge in [0, 0.05) is 13.1 Å². The summed E-state index contributed by atoms with van der Waals surface area (Å²) in [6.07, 6.45) is 2.10. The highest BCUT2D eigenvalue weighted by molar-refractivity contribution is 5.85. The molecule has 1 heterocycles. The first-order valence-electron chi connectivity index (χ1n) is 6.72. The van der Waals surface area contributed by atoms with Crippen LogP contribution in [0.1, 0.15) is 29.5 Å². The fourth-order valence-electron chi connectivity index (χ4n) is 2.41. The Labute approximate surface area is 121 Å². The molecule has 1 unspecified atom stereocenters. The quantitative estimate of drug-likeness (QED) is 0.893. The van der Waals surface area contributed by atoms with Gasteiger partial charge in [-0.05, 0) is 49.9 Å². The van der Waals surface area contributed by atoms with E-state index in [1.807, 2.05) is 6.07 Å². The van der Waals surface area contributed by atoms with E-state index in [2.05, 4.69) is 36.6 Å². The van der Waals surface area contributed by atoms with Crippen LogP contribution >= 0.6 is 12.4 Å². The van der Waals surface area contributed by atoms with E-state index in [1.165, 1.54) is 16.7 Å². The Kier molecular flexibility index (Phi) is 6.32. The summed E-state index contributed by atoms with van der Waals surface area (Å²) >= 11 is 0. The zero-order chi connectivity index (χ0) is 13.0. The zero-order valence-electron chi connectivity index (χ0n) is 11.7. The lowest BCUT2D eigenvalue weighted by molar-refractivity contribution is -0.125. The summed E-state index contributed by atoms with van der Waals surface area (Å²) in [5, 5.41) is 6.33. The lowest BCUT2D eigenvalue weighted by atomic mass is 9.98. The molecule has 1 aliphatic rings. The molecule has 0 saturated carbocycles. The summed E-state index contributed by atoms with van der Waals surface area (Å²) < 4.78 is 0. The molecule has 3 nitrogen and oxygen atoms in total. The summed E-state index contributed by atoms with van der Waals surface area (Å²) in [6.45, 7) is 6.72. The Morgan fingerprint density at radius 2 is 2.21 bits per heavy atom. The van der Waals surface area contributed by atoms with Gasteiger partial charge in [0.2, 0.25) is 5.91 Å². The van der Waals surface area contributed by atoms with Gasteiger partial charge >= 0.3 is 0 Å². The standard InChI is InChI=1S/C15H22N2O.ClH/c1-11-5-3-6-13(12(11)2)10-17-15(18)14-7-4-8-16-9-14;/h3,5-6,14,16H,4,7-10H2,1-2H3,(H,17,18);1H. The summed E-state index contributed by atoms with van der Waals surface area (Å²) in [7, 11) is 0. The molecule has 1 amide bonds. The summed E-state index contributed by atoms with van der Waals surface area (Å²) in [6, 6.07) is 6.24. The maximum Gasteiger partial charge on any atom is 0.224 e. The van der Waals surface area contributed by atoms with E-state index in [-0.39, 0.29) is 24.2 Å². The van der Waals surface area contributed by atoms with E-state index >= 15 is 0 Å². The predicted octanol–water partition coefficient (Wildman–Crippen LogP) is 2.34. The second-order valence-electron chi connectivity index (χ2n) is 5.12. The second-order valence-corrected chi connectivity index (χ2v) is 5.12. The third kappa shape index (κ3) is 4.22. The molecule has 1 atom stereocenters. The van der Waals surface area contributed by atoms with Crippen LogP contribution in [0.2, 0.25) is 0 Å². The Bertz CT molecular complexity index is 428. The fraction of sp³-hybridized carbons (Fsp3) is 0.533. The number of aryl methyl sites for hydroxylation is 1. The average molecular weight is 283 g/mol. The number of halogens is 1. The molecule has 1 aromatic carbocycles. The molecule has 4 heteroatoms. The molecule has 1 aromatic rings. The number of nitrogens with one attached hydrogen (secondary N) is 2. The van der Waals surface area contributed by atoms with Crippen LogP contribution in [-0.2, 0) is 11.3 Å². The third-order valence-corrected chi connectivity index (χ3v) is 3.84. The number of hydrogen-bond acceptors (Lipinski definition) is 2. The smallest absolute Gasteiger partial charge is 0.224 e. The van der Waals surface area contributed by atoms with E-state index in [1.54, 1.807) is 0 Å². The number of hydrogen-bond donors (Lipinski definition) is 2. The highest BCUT2D eigenvalue weighted by Crippen LogP contribution is 2.14. The van der Waals surface area contributed by atoms with Crippen LogP contribution in [0, 0.1) is 19.8 Å². The van der Waals surface area contributed by atoms with Crippen molar-refractivity contribution in [1.29, 1.82) is 0 Å². The van der Waals surface area contributed by atoms with E-state index < -0.39 is 0 Å². The molecule has 19 heavy (non-hydrogen) atoms. The second kappa shape index (κ2) is 7.51. The van der Waals surface area contributed by atoms with Crippen LogP contribution in [0.5, 0.6) is 0 Å². The third-order valence-electron chi connectivity index (χ3n) is 3.84. The lowest BCUT2D eigenvalue weighted by Crippen LogP contribution is -2.40. The molecule has 0 bridgehead atoms. The number of benzene rings is 1. The molecule has 106 valence electrons. The fourth-order valence-corrected chi connectivity index (χ4v) is 2.41. The Morgan fingerprint density at radius 1 is 1.42 bits per heavy atom. The van der Waals surface area contributed by atoms with Gasteiger partial charge in [-0.25, -0.2) is 0 Å². The van der Waals surface area contributed by atoms with Crippen LogP contribution in [0.4, 0.5) is 0 Å². The van der Waals surface area contributed by atoms with Crippen molar-refractivity contribution in [1.82, 2.24) is 10.6 Å². The molecular formula is C15H23ClN2O. The molecule has 0 radical (unpaired) electrons. The van der Waals surface area contributed by atoms with Crippen LogP contribution in [-0.4, -0.2) is 19.0 Å². The number of carbonyl (C=O) groups excluding carboxylic acids is 1. The lowest BCUT2D eigenvalue weighted by Gasteiger charge is -2.22. The van der Waals surface area contributed by atoms with Crippen LogP contribution in [0.3, 0.4) is 0 Å². The van der Waals surface area contributed by atoms with Crippen LogP contribution < -0.4 is 10.6 Å². The van der Waals surface area contributed by atoms with Gasteiger partial charge in [0.1, 0.15) is 0 Å². The molecule has 0 aliphatic carbocycles. The molecule has 1 aliphatic heterocycles. The van der Waals surface area contributed by atoms with Gasteiger partial charge in [0.25, 0.3) is 0 Å². The topological polar surface area (TPSA) is 41.1 Å². The highest BCUT2D eigenvalue weighted by Gasteiger charge is 2.20. The van der Waals surface area contributed by atoms with Crippen molar-refractivity contribution in [3.05, 3.63) is 34.9 Å². The van der Waals surface area contributed by atoms with Gasteiger partial charge < -0.3 is 10.6 Å². The first-order chi connectivity index (χ1) is 8.68. The average Bonchev–Trinajstić information content (AvgIpc) is 2.41. The van der Waals surface area contributed by atoms with Crippen molar-refractivity contribution < 1.29 is 4.79 Å². The van der Waals surface area contributed by atoms with E-state index in [0.29, 0.717) is 6.54 Å². The number of rotatable bonds is 3. The summed E-state index contributed by atoms with van der Waals surface area (Å²) in [5.74, 6) is 0.326. The van der Waals surface area contributed by atoms with Gasteiger partial charge in [0.05, 0.1) is 5.92 Å². The monoisotopic (exact) mass is 282 g/mol. The van der Waals surface area contributed by atoms with E-state index in [0.717, 1.165) is 25.9 Å². The highest BCUT2D eigenvalue weighted by atomic mass is 35.5. The van der Waals surface area contributed by atoms with E-state index in [4.69, 9.17) is 0 Å². The maximum absolute atomic E-state index is 12.0. The number of carbonyl (C=O) groups is 1. The van der Waals surface area contributed by atoms with Crippen LogP contribution in [0.25, 0.3) is 0 Å². The van der Waals surface area contributed by atoms with Crippen molar-refractivity contribution in [3.63, 3.8) is 0 Å². The van der Waals surface area contributed by atoms with Crippen molar-refractivity contribution >= 4 is 18.3 Å². The number of piperidine rings is 1. The van der Waals surface area contributed by atoms with E-state index in [9.17, 15) is 4.79 Å². The largest absolute Gasteiger partial charge is 0.352 e. The minimum atomic E-state index is 0. The van der Waals surface area contributed by atoms with Crippen molar-refractivity contribution in [2.45, 2.75) is 33.2 Å². The van der Waals surface area contributed by atoms with Crippen LogP contribution in [0.15, 0.2) is 18.2 Å². The Morgan fingerprint density at radius 3 is 2.89 bits per heavy atom. The molecule has 0 spiro atoms. The van der Waals surface area contributed by atoms with Crippen molar-refractivity contribution in [2.75, 3.05) is 13.1 Å². The zero-order valence-corrected chi connectivity index (χ0v) is 12.5. The van der Waals surface area contributed by atoms with Crippen molar-refractivity contribution in [3.8, 4) is 0 Å². The normalized spacial score (nSPS) is 18.5. The minimum Gasteiger partial charge on any atom is -0.352 e. The van der Waals surface area contributed by atoms with Gasteiger partial charge in [-0.1, -0.05) is 18.2 Å². The van der Waals surface area contributed by atoms with Crippen molar-refractivity contribution in [2.24, 2.45) is 5.92 Å². The maximum atomic E-state index is 12.0. The molecule has 1 saturated heterocycles. The summed E-state index contributed by atoms with van der Waals surface area (Å²) in [5.41, 5.74) is 3.77. The Hall–Kier alpha value is -1.06. The minimum absolute atomic E-state index is 0. The van der Waals surface area contributed by atoms with Gasteiger partial charge in [-0.2, -0.15) is 0 Å². The first kappa shape index (κ1) is 16.0. The van der Waals surface area contributed by atoms with Gasteiger partial charge in [-0.15, -0.1) is 12.4 Å².